The molecule has 0 aromatic heterocycles. The Kier molecular flexibility index (Phi) is 6.61. The van der Waals surface area contributed by atoms with Crippen molar-refractivity contribution < 1.29 is 23.9 Å². The molecule has 3 heterocycles. The molecule has 190 valence electrons. The van der Waals surface area contributed by atoms with Gasteiger partial charge in [-0.1, -0.05) is 0 Å². The number of amides is 3. The number of nitrogens with one attached hydrogen (secondary N) is 1. The van der Waals surface area contributed by atoms with Gasteiger partial charge in [-0.15, -0.1) is 0 Å². The van der Waals surface area contributed by atoms with Gasteiger partial charge in [0, 0.05) is 37.7 Å². The van der Waals surface area contributed by atoms with Gasteiger partial charge in [0.2, 0.25) is 11.8 Å². The average Bonchev–Trinajstić information content (AvgIpc) is 3.38. The molecule has 3 atom stereocenters. The zero-order chi connectivity index (χ0) is 24.7. The second-order valence-corrected chi connectivity index (χ2v) is 11.3. The summed E-state index contributed by atoms with van der Waals surface area (Å²) in [6.07, 6.45) is 6.52. The van der Waals surface area contributed by atoms with Gasteiger partial charge in [-0.05, 0) is 83.1 Å². The van der Waals surface area contributed by atoms with E-state index >= 15 is 0 Å². The highest BCUT2D eigenvalue weighted by Gasteiger charge is 2.40. The lowest BCUT2D eigenvalue weighted by atomic mass is 10.0. The Hall–Kier alpha value is -2.45. The third kappa shape index (κ3) is 5.23. The number of likely N-dealkylation sites (tertiary alicyclic amines) is 1. The molecular weight excluding hydrogens is 446 g/mol. The third-order valence-corrected chi connectivity index (χ3v) is 7.67. The van der Waals surface area contributed by atoms with E-state index < -0.39 is 6.04 Å². The van der Waals surface area contributed by atoms with Crippen LogP contribution in [-0.4, -0.2) is 70.5 Å². The lowest BCUT2D eigenvalue weighted by molar-refractivity contribution is -0.136. The lowest BCUT2D eigenvalue weighted by Gasteiger charge is -2.40. The Morgan fingerprint density at radius 3 is 2.49 bits per heavy atom. The summed E-state index contributed by atoms with van der Waals surface area (Å²) in [4.78, 5) is 40.9. The van der Waals surface area contributed by atoms with Crippen LogP contribution in [0.4, 0.5) is 0 Å². The van der Waals surface area contributed by atoms with Gasteiger partial charge < -0.3 is 14.4 Å². The molecule has 8 nitrogen and oxygen atoms in total. The Morgan fingerprint density at radius 1 is 1.00 bits per heavy atom. The number of carbonyl (C=O) groups is 3. The van der Waals surface area contributed by atoms with E-state index in [4.69, 9.17) is 9.47 Å². The quantitative estimate of drug-likeness (QED) is 0.648. The van der Waals surface area contributed by atoms with Crippen molar-refractivity contribution >= 4 is 17.7 Å². The van der Waals surface area contributed by atoms with E-state index in [0.717, 1.165) is 56.5 Å². The second-order valence-electron chi connectivity index (χ2n) is 11.3. The van der Waals surface area contributed by atoms with E-state index in [9.17, 15) is 14.4 Å². The zero-order valence-corrected chi connectivity index (χ0v) is 21.0. The summed E-state index contributed by atoms with van der Waals surface area (Å²) in [5.74, 6) is -0.0304. The van der Waals surface area contributed by atoms with Crippen molar-refractivity contribution in [2.24, 2.45) is 0 Å². The van der Waals surface area contributed by atoms with Gasteiger partial charge in [-0.2, -0.15) is 0 Å². The van der Waals surface area contributed by atoms with Crippen molar-refractivity contribution in [3.8, 4) is 5.75 Å². The van der Waals surface area contributed by atoms with Gasteiger partial charge in [-0.3, -0.25) is 24.6 Å². The first-order valence-electron chi connectivity index (χ1n) is 13.0. The molecule has 3 aliphatic heterocycles. The highest BCUT2D eigenvalue weighted by molar-refractivity contribution is 6.05. The average molecular weight is 484 g/mol. The van der Waals surface area contributed by atoms with Crippen molar-refractivity contribution in [2.75, 3.05) is 13.1 Å². The van der Waals surface area contributed by atoms with Gasteiger partial charge in [0.1, 0.15) is 17.9 Å². The molecule has 1 N–H and O–H groups in total. The van der Waals surface area contributed by atoms with E-state index in [-0.39, 0.29) is 35.8 Å². The molecule has 0 radical (unpaired) electrons. The number of piperidine rings is 2. The SMILES string of the molecule is CC(C)(C)OC1CCN([C@H]2CCC[C@@H]2Oc2ccc3c(c2)CN(C2CCC(=O)NC2=O)C3=O)CC1. The van der Waals surface area contributed by atoms with E-state index in [0.29, 0.717) is 30.7 Å². The van der Waals surface area contributed by atoms with Crippen LogP contribution in [0.15, 0.2) is 18.2 Å². The Labute approximate surface area is 207 Å². The van der Waals surface area contributed by atoms with Crippen LogP contribution in [0, 0.1) is 0 Å². The first-order valence-corrected chi connectivity index (χ1v) is 13.0. The molecule has 0 bridgehead atoms. The van der Waals surface area contributed by atoms with Crippen LogP contribution < -0.4 is 10.1 Å². The number of imide groups is 1. The summed E-state index contributed by atoms with van der Waals surface area (Å²) < 4.78 is 12.7. The number of hydrogen-bond acceptors (Lipinski definition) is 6. The van der Waals surface area contributed by atoms with Gasteiger partial charge >= 0.3 is 0 Å². The Balaban J connectivity index is 1.21. The molecule has 2 saturated heterocycles. The number of nitrogens with zero attached hydrogens (tertiary/aromatic N) is 2. The standard InChI is InChI=1S/C27H37N3O5/c1-27(2,3)35-18-11-13-29(14-12-18)21-5-4-6-23(21)34-19-7-8-20-17(15-19)16-30(26(20)33)22-9-10-24(31)28-25(22)32/h7-8,15,18,21-23H,4-6,9-14,16H2,1-3H3,(H,28,31,32)/t21-,22?,23-/m0/s1. The molecule has 0 spiro atoms. The molecule has 1 aromatic carbocycles. The zero-order valence-electron chi connectivity index (χ0n) is 21.0. The molecular formula is C27H37N3O5. The van der Waals surface area contributed by atoms with Crippen molar-refractivity contribution in [2.45, 2.75) is 102 Å². The molecule has 1 aromatic rings. The molecule has 3 fully saturated rings. The van der Waals surface area contributed by atoms with Gasteiger partial charge in [0.05, 0.1) is 11.7 Å². The minimum absolute atomic E-state index is 0.103. The maximum Gasteiger partial charge on any atom is 0.255 e. The Morgan fingerprint density at radius 2 is 1.77 bits per heavy atom. The summed E-state index contributed by atoms with van der Waals surface area (Å²) >= 11 is 0. The van der Waals surface area contributed by atoms with Gasteiger partial charge in [0.25, 0.3) is 5.91 Å². The highest BCUT2D eigenvalue weighted by Crippen LogP contribution is 2.34. The van der Waals surface area contributed by atoms with Gasteiger partial charge in [0.15, 0.2) is 0 Å². The van der Waals surface area contributed by atoms with Crippen molar-refractivity contribution in [3.63, 3.8) is 0 Å². The molecule has 1 aliphatic carbocycles. The van der Waals surface area contributed by atoms with Crippen LogP contribution in [0.2, 0.25) is 0 Å². The predicted octanol–water partition coefficient (Wildman–Crippen LogP) is 3.03. The van der Waals surface area contributed by atoms with E-state index in [1.165, 1.54) is 0 Å². The maximum absolute atomic E-state index is 13.0. The number of rotatable bonds is 5. The van der Waals surface area contributed by atoms with Gasteiger partial charge in [-0.25, -0.2) is 0 Å². The molecule has 5 rings (SSSR count). The minimum Gasteiger partial charge on any atom is -0.489 e. The predicted molar refractivity (Wildman–Crippen MR) is 130 cm³/mol. The summed E-state index contributed by atoms with van der Waals surface area (Å²) in [6.45, 7) is 8.79. The maximum atomic E-state index is 13.0. The fraction of sp³-hybridized carbons (Fsp3) is 0.667. The van der Waals surface area contributed by atoms with Crippen molar-refractivity contribution in [3.05, 3.63) is 29.3 Å². The molecule has 1 unspecified atom stereocenters. The number of fused-ring (bicyclic) bond motifs is 1. The first-order chi connectivity index (χ1) is 16.7. The van der Waals surface area contributed by atoms with E-state index in [1.807, 2.05) is 18.2 Å². The van der Waals surface area contributed by atoms with Crippen molar-refractivity contribution in [1.29, 1.82) is 0 Å². The normalized spacial score (nSPS) is 28.4. The van der Waals surface area contributed by atoms with Crippen LogP contribution in [0.5, 0.6) is 5.75 Å². The summed E-state index contributed by atoms with van der Waals surface area (Å²) in [5, 5.41) is 2.35. The summed E-state index contributed by atoms with van der Waals surface area (Å²) in [7, 11) is 0. The number of hydrogen-bond donors (Lipinski definition) is 1. The minimum atomic E-state index is -0.596. The fourth-order valence-corrected chi connectivity index (χ4v) is 6.09. The number of ether oxygens (including phenoxy) is 2. The van der Waals surface area contributed by atoms with Crippen molar-refractivity contribution in [1.82, 2.24) is 15.1 Å². The van der Waals surface area contributed by atoms with Crippen LogP contribution in [0.25, 0.3) is 0 Å². The summed E-state index contributed by atoms with van der Waals surface area (Å²) in [5.41, 5.74) is 1.40. The molecule has 35 heavy (non-hydrogen) atoms. The molecule has 4 aliphatic rings. The topological polar surface area (TPSA) is 88.2 Å². The highest BCUT2D eigenvalue weighted by atomic mass is 16.5. The van der Waals surface area contributed by atoms with E-state index in [2.05, 4.69) is 31.0 Å². The smallest absolute Gasteiger partial charge is 0.255 e. The van der Waals surface area contributed by atoms with Crippen LogP contribution in [-0.2, 0) is 20.9 Å². The molecule has 3 amide bonds. The molecule has 1 saturated carbocycles. The largest absolute Gasteiger partial charge is 0.489 e. The lowest BCUT2D eigenvalue weighted by Crippen LogP contribution is -2.52. The van der Waals surface area contributed by atoms with Crippen LogP contribution in [0.3, 0.4) is 0 Å². The number of benzene rings is 1. The second kappa shape index (κ2) is 9.54. The Bertz CT molecular complexity index is 995. The monoisotopic (exact) mass is 483 g/mol. The molecule has 8 heteroatoms. The summed E-state index contributed by atoms with van der Waals surface area (Å²) in [6, 6.07) is 5.46. The van der Waals surface area contributed by atoms with Crippen LogP contribution >= 0.6 is 0 Å². The first kappa shape index (κ1) is 24.3. The van der Waals surface area contributed by atoms with E-state index in [1.54, 1.807) is 4.90 Å². The third-order valence-electron chi connectivity index (χ3n) is 7.67. The number of carbonyl (C=O) groups excluding carboxylic acids is 3. The fourth-order valence-electron chi connectivity index (χ4n) is 6.09. The van der Waals surface area contributed by atoms with Crippen LogP contribution in [0.1, 0.15) is 81.6 Å².